The van der Waals surface area contributed by atoms with Gasteiger partial charge >= 0.3 is 5.97 Å². The molecular formula is C14H23NO4. The zero-order valence-electron chi connectivity index (χ0n) is 11.7. The highest BCUT2D eigenvalue weighted by Gasteiger charge is 2.14. The van der Waals surface area contributed by atoms with Crippen LogP contribution < -0.4 is 5.32 Å². The summed E-state index contributed by atoms with van der Waals surface area (Å²) in [6, 6.07) is 0. The number of amides is 1. The van der Waals surface area contributed by atoms with Gasteiger partial charge in [-0.2, -0.15) is 0 Å². The van der Waals surface area contributed by atoms with Gasteiger partial charge in [-0.1, -0.05) is 19.3 Å². The maximum Gasteiger partial charge on any atom is 0.331 e. The second-order valence-electron chi connectivity index (χ2n) is 4.94. The van der Waals surface area contributed by atoms with Crippen molar-refractivity contribution in [1.29, 1.82) is 0 Å². The van der Waals surface area contributed by atoms with Crippen LogP contribution in [0.1, 0.15) is 46.0 Å². The molecule has 0 bridgehead atoms. The molecule has 1 rings (SSSR count). The minimum absolute atomic E-state index is 0.0747. The molecule has 0 atom stereocenters. The highest BCUT2D eigenvalue weighted by atomic mass is 16.5. The highest BCUT2D eigenvalue weighted by Crippen LogP contribution is 2.19. The lowest BCUT2D eigenvalue weighted by molar-refractivity contribution is -0.133. The molecule has 0 radical (unpaired) electrons. The van der Waals surface area contributed by atoms with Gasteiger partial charge in [-0.15, -0.1) is 0 Å². The second kappa shape index (κ2) is 7.94. The van der Waals surface area contributed by atoms with Crippen LogP contribution in [0, 0.1) is 0 Å². The summed E-state index contributed by atoms with van der Waals surface area (Å²) in [5.41, 5.74) is 0.316. The summed E-state index contributed by atoms with van der Waals surface area (Å²) in [6.45, 7) is 3.84. The van der Waals surface area contributed by atoms with E-state index in [1.165, 1.54) is 33.1 Å². The predicted molar refractivity (Wildman–Crippen MR) is 71.8 cm³/mol. The Balaban J connectivity index is 2.23. The molecule has 5 nitrogen and oxygen atoms in total. The fraction of sp³-hybridized carbons (Fsp3) is 0.714. The lowest BCUT2D eigenvalue weighted by atomic mass is 9.98. The molecule has 2 N–H and O–H groups in total. The zero-order chi connectivity index (χ0) is 14.3. The number of carbonyl (C=O) groups is 2. The van der Waals surface area contributed by atoms with Gasteiger partial charge in [0.25, 0.3) is 0 Å². The van der Waals surface area contributed by atoms with E-state index in [9.17, 15) is 9.59 Å². The van der Waals surface area contributed by atoms with E-state index in [1.54, 1.807) is 0 Å². The molecular weight excluding hydrogens is 246 g/mol. The SMILES string of the molecule is CC(C(=O)O)=C(C)C(=O)NCCOC1CCCCC1. The summed E-state index contributed by atoms with van der Waals surface area (Å²) in [4.78, 5) is 22.4. The minimum Gasteiger partial charge on any atom is -0.478 e. The molecule has 1 aliphatic carbocycles. The average Bonchev–Trinajstić information content (AvgIpc) is 2.42. The molecule has 0 aromatic carbocycles. The van der Waals surface area contributed by atoms with Gasteiger partial charge in [-0.05, 0) is 26.7 Å². The Labute approximate surface area is 114 Å². The van der Waals surface area contributed by atoms with Crippen LogP contribution in [0.15, 0.2) is 11.1 Å². The molecule has 0 aromatic heterocycles. The van der Waals surface area contributed by atoms with Gasteiger partial charge < -0.3 is 15.2 Å². The van der Waals surface area contributed by atoms with Crippen molar-refractivity contribution in [1.82, 2.24) is 5.32 Å². The van der Waals surface area contributed by atoms with Crippen molar-refractivity contribution >= 4 is 11.9 Å². The van der Waals surface area contributed by atoms with Crippen molar-refractivity contribution in [3.63, 3.8) is 0 Å². The first-order valence-electron chi connectivity index (χ1n) is 6.83. The molecule has 0 aromatic rings. The number of ether oxygens (including phenoxy) is 1. The van der Waals surface area contributed by atoms with Crippen LogP contribution in [0.5, 0.6) is 0 Å². The van der Waals surface area contributed by atoms with Crippen molar-refractivity contribution in [2.45, 2.75) is 52.1 Å². The van der Waals surface area contributed by atoms with E-state index in [1.807, 2.05) is 0 Å². The zero-order valence-corrected chi connectivity index (χ0v) is 11.7. The first-order chi connectivity index (χ1) is 9.02. The van der Waals surface area contributed by atoms with Gasteiger partial charge in [0.15, 0.2) is 0 Å². The summed E-state index contributed by atoms with van der Waals surface area (Å²) in [5.74, 6) is -1.40. The summed E-state index contributed by atoms with van der Waals surface area (Å²) < 4.78 is 5.67. The van der Waals surface area contributed by atoms with Gasteiger partial charge in [-0.25, -0.2) is 4.79 Å². The Morgan fingerprint density at radius 3 is 2.37 bits per heavy atom. The quantitative estimate of drug-likeness (QED) is 0.570. The van der Waals surface area contributed by atoms with E-state index >= 15 is 0 Å². The number of nitrogens with one attached hydrogen (secondary N) is 1. The smallest absolute Gasteiger partial charge is 0.331 e. The Kier molecular flexibility index (Phi) is 6.56. The number of aliphatic carboxylic acids is 1. The van der Waals surface area contributed by atoms with E-state index in [-0.39, 0.29) is 17.1 Å². The predicted octanol–water partition coefficient (Wildman–Crippen LogP) is 1.87. The summed E-state index contributed by atoms with van der Waals surface area (Å²) in [7, 11) is 0. The van der Waals surface area contributed by atoms with Crippen LogP contribution in [0.2, 0.25) is 0 Å². The van der Waals surface area contributed by atoms with Crippen LogP contribution in [-0.4, -0.2) is 36.2 Å². The van der Waals surface area contributed by atoms with E-state index in [0.717, 1.165) is 12.8 Å². The molecule has 0 aliphatic heterocycles. The molecule has 1 amide bonds. The van der Waals surface area contributed by atoms with Crippen LogP contribution in [0.25, 0.3) is 0 Å². The first kappa shape index (κ1) is 15.7. The third-order valence-electron chi connectivity index (χ3n) is 3.52. The van der Waals surface area contributed by atoms with Gasteiger partial charge in [0.1, 0.15) is 0 Å². The fourth-order valence-electron chi connectivity index (χ4n) is 2.09. The molecule has 0 spiro atoms. The standard InChI is InChI=1S/C14H23NO4/c1-10(11(2)14(17)18)13(16)15-8-9-19-12-6-4-3-5-7-12/h12H,3-9H2,1-2H3,(H,15,16)(H,17,18). The molecule has 19 heavy (non-hydrogen) atoms. The van der Waals surface area contributed by atoms with Crippen LogP contribution in [-0.2, 0) is 14.3 Å². The maximum atomic E-state index is 11.7. The van der Waals surface area contributed by atoms with Gasteiger partial charge in [0, 0.05) is 17.7 Å². The Hall–Kier alpha value is -1.36. The monoisotopic (exact) mass is 269 g/mol. The van der Waals surface area contributed by atoms with Crippen LogP contribution in [0.4, 0.5) is 0 Å². The largest absolute Gasteiger partial charge is 0.478 e. The third-order valence-corrected chi connectivity index (χ3v) is 3.52. The molecule has 0 saturated heterocycles. The fourth-order valence-corrected chi connectivity index (χ4v) is 2.09. The van der Waals surface area contributed by atoms with Crippen LogP contribution in [0.3, 0.4) is 0 Å². The molecule has 1 saturated carbocycles. The molecule has 5 heteroatoms. The first-order valence-corrected chi connectivity index (χ1v) is 6.83. The van der Waals surface area contributed by atoms with Crippen LogP contribution >= 0.6 is 0 Å². The Morgan fingerprint density at radius 2 is 1.79 bits per heavy atom. The summed E-state index contributed by atoms with van der Waals surface area (Å²) in [5, 5.41) is 11.5. The van der Waals surface area contributed by atoms with Gasteiger partial charge in [0.2, 0.25) is 5.91 Å². The topological polar surface area (TPSA) is 75.6 Å². The summed E-state index contributed by atoms with van der Waals surface area (Å²) >= 11 is 0. The number of carboxylic acids is 1. The molecule has 108 valence electrons. The van der Waals surface area contributed by atoms with E-state index in [0.29, 0.717) is 19.3 Å². The lowest BCUT2D eigenvalue weighted by Gasteiger charge is -2.22. The van der Waals surface area contributed by atoms with Gasteiger partial charge in [-0.3, -0.25) is 4.79 Å². The molecule has 1 aliphatic rings. The number of carbonyl (C=O) groups excluding carboxylic acids is 1. The summed E-state index contributed by atoms with van der Waals surface area (Å²) in [6.07, 6.45) is 6.25. The van der Waals surface area contributed by atoms with Crippen molar-refractivity contribution < 1.29 is 19.4 Å². The van der Waals surface area contributed by atoms with E-state index in [2.05, 4.69) is 5.32 Å². The van der Waals surface area contributed by atoms with Crippen molar-refractivity contribution in [2.24, 2.45) is 0 Å². The number of rotatable bonds is 6. The Bertz CT molecular complexity index is 356. The lowest BCUT2D eigenvalue weighted by Crippen LogP contribution is -2.30. The third kappa shape index (κ3) is 5.42. The number of carboxylic acid groups (broad SMARTS) is 1. The average molecular weight is 269 g/mol. The minimum atomic E-state index is -1.06. The van der Waals surface area contributed by atoms with Crippen molar-refractivity contribution in [2.75, 3.05) is 13.2 Å². The number of hydrogen-bond donors (Lipinski definition) is 2. The molecule has 1 fully saturated rings. The molecule has 0 heterocycles. The van der Waals surface area contributed by atoms with E-state index in [4.69, 9.17) is 9.84 Å². The maximum absolute atomic E-state index is 11.7. The second-order valence-corrected chi connectivity index (χ2v) is 4.94. The van der Waals surface area contributed by atoms with E-state index < -0.39 is 5.97 Å². The normalized spacial score (nSPS) is 17.8. The van der Waals surface area contributed by atoms with Gasteiger partial charge in [0.05, 0.1) is 12.7 Å². The van der Waals surface area contributed by atoms with Crippen molar-refractivity contribution in [3.05, 3.63) is 11.1 Å². The Morgan fingerprint density at radius 1 is 1.16 bits per heavy atom. The van der Waals surface area contributed by atoms with Crippen molar-refractivity contribution in [3.8, 4) is 0 Å². The molecule has 0 unspecified atom stereocenters. The highest BCUT2D eigenvalue weighted by molar-refractivity contribution is 6.01. The number of hydrogen-bond acceptors (Lipinski definition) is 3.